The molecular formula is C24H38O2. The molecule has 4 rings (SSSR count). The van der Waals surface area contributed by atoms with Crippen molar-refractivity contribution < 1.29 is 10.2 Å². The third-order valence-corrected chi connectivity index (χ3v) is 9.40. The Labute approximate surface area is 159 Å². The fraction of sp³-hybridized carbons (Fsp3) is 0.833. The van der Waals surface area contributed by atoms with E-state index in [2.05, 4.69) is 40.7 Å². The van der Waals surface area contributed by atoms with Gasteiger partial charge in [-0.1, -0.05) is 46.3 Å². The molecule has 0 bridgehead atoms. The summed E-state index contributed by atoms with van der Waals surface area (Å²) in [6.45, 7) is 12.1. The molecule has 2 nitrogen and oxygen atoms in total. The molecule has 6 atom stereocenters. The summed E-state index contributed by atoms with van der Waals surface area (Å²) < 4.78 is 0. The quantitative estimate of drug-likeness (QED) is 0.707. The minimum atomic E-state index is -0.155. The number of rotatable bonds is 2. The van der Waals surface area contributed by atoms with E-state index in [9.17, 15) is 10.2 Å². The van der Waals surface area contributed by atoms with Gasteiger partial charge in [0, 0.05) is 6.61 Å². The fourth-order valence-corrected chi connectivity index (χ4v) is 7.70. The van der Waals surface area contributed by atoms with Gasteiger partial charge in [0.15, 0.2) is 0 Å². The topological polar surface area (TPSA) is 40.5 Å². The molecule has 1 saturated carbocycles. The van der Waals surface area contributed by atoms with Gasteiger partial charge in [-0.25, -0.2) is 0 Å². The molecule has 4 aliphatic rings. The van der Waals surface area contributed by atoms with Crippen LogP contribution in [0.4, 0.5) is 0 Å². The molecule has 0 aromatic heterocycles. The third-order valence-electron chi connectivity index (χ3n) is 9.40. The molecule has 2 N–H and O–H groups in total. The van der Waals surface area contributed by atoms with Crippen LogP contribution in [0.3, 0.4) is 0 Å². The van der Waals surface area contributed by atoms with Gasteiger partial charge in [-0.05, 0) is 90.1 Å². The van der Waals surface area contributed by atoms with Crippen molar-refractivity contribution in [3.63, 3.8) is 0 Å². The van der Waals surface area contributed by atoms with Crippen molar-refractivity contribution in [3.05, 3.63) is 22.8 Å². The van der Waals surface area contributed by atoms with Crippen molar-refractivity contribution in [3.8, 4) is 0 Å². The monoisotopic (exact) mass is 358 g/mol. The molecule has 0 saturated heterocycles. The first kappa shape index (κ1) is 18.7. The highest BCUT2D eigenvalue weighted by Crippen LogP contribution is 2.66. The molecule has 0 aliphatic heterocycles. The summed E-state index contributed by atoms with van der Waals surface area (Å²) in [4.78, 5) is 0. The van der Waals surface area contributed by atoms with Crippen molar-refractivity contribution in [1.29, 1.82) is 0 Å². The molecule has 146 valence electrons. The minimum absolute atomic E-state index is 0.0181. The van der Waals surface area contributed by atoms with Gasteiger partial charge in [0.25, 0.3) is 0 Å². The lowest BCUT2D eigenvalue weighted by molar-refractivity contribution is -0.0905. The SMILES string of the molecule is C[C@H](CO)[C@H]1CC=C2C3=C(CC[C@@]21C)[C@@]1(C)CC[C@H](O)C(C)(C)[C@@H]1CC3. The maximum absolute atomic E-state index is 10.6. The van der Waals surface area contributed by atoms with E-state index in [4.69, 9.17) is 0 Å². The first-order chi connectivity index (χ1) is 12.2. The summed E-state index contributed by atoms with van der Waals surface area (Å²) in [5, 5.41) is 20.4. The van der Waals surface area contributed by atoms with Gasteiger partial charge in [-0.15, -0.1) is 0 Å². The number of aliphatic hydroxyl groups excluding tert-OH is 2. The summed E-state index contributed by atoms with van der Waals surface area (Å²) in [6, 6.07) is 0. The first-order valence-corrected chi connectivity index (χ1v) is 10.9. The second-order valence-electron chi connectivity index (χ2n) is 10.9. The average Bonchev–Trinajstić information content (AvgIpc) is 2.95. The summed E-state index contributed by atoms with van der Waals surface area (Å²) in [5.74, 6) is 1.56. The molecule has 0 aromatic carbocycles. The highest BCUT2D eigenvalue weighted by atomic mass is 16.3. The van der Waals surface area contributed by atoms with Gasteiger partial charge in [0.1, 0.15) is 0 Å². The first-order valence-electron chi connectivity index (χ1n) is 10.9. The average molecular weight is 359 g/mol. The molecule has 2 heteroatoms. The van der Waals surface area contributed by atoms with E-state index in [0.29, 0.717) is 24.4 Å². The maximum atomic E-state index is 10.6. The van der Waals surface area contributed by atoms with E-state index in [1.165, 1.54) is 25.7 Å². The molecular weight excluding hydrogens is 320 g/mol. The predicted molar refractivity (Wildman–Crippen MR) is 107 cm³/mol. The van der Waals surface area contributed by atoms with Crippen LogP contribution in [-0.4, -0.2) is 22.9 Å². The van der Waals surface area contributed by atoms with Crippen LogP contribution in [0.25, 0.3) is 0 Å². The second kappa shape index (κ2) is 5.95. The van der Waals surface area contributed by atoms with E-state index < -0.39 is 0 Å². The Kier molecular flexibility index (Phi) is 4.29. The van der Waals surface area contributed by atoms with E-state index >= 15 is 0 Å². The molecule has 4 aliphatic carbocycles. The normalized spacial score (nSPS) is 45.5. The molecule has 0 amide bonds. The number of fused-ring (bicyclic) bond motifs is 4. The summed E-state index contributed by atoms with van der Waals surface area (Å²) >= 11 is 0. The highest BCUT2D eigenvalue weighted by molar-refractivity contribution is 5.49. The van der Waals surface area contributed by atoms with Crippen LogP contribution >= 0.6 is 0 Å². The van der Waals surface area contributed by atoms with Crippen LogP contribution < -0.4 is 0 Å². The van der Waals surface area contributed by atoms with Crippen LogP contribution in [0.5, 0.6) is 0 Å². The minimum Gasteiger partial charge on any atom is -0.396 e. The highest BCUT2D eigenvalue weighted by Gasteiger charge is 2.57. The van der Waals surface area contributed by atoms with Gasteiger partial charge in [-0.2, -0.15) is 0 Å². The number of hydrogen-bond donors (Lipinski definition) is 2. The fourth-order valence-electron chi connectivity index (χ4n) is 7.70. The number of hydrogen-bond acceptors (Lipinski definition) is 2. The number of aliphatic hydroxyl groups is 2. The largest absolute Gasteiger partial charge is 0.396 e. The van der Waals surface area contributed by atoms with E-state index in [1.807, 2.05) is 0 Å². The smallest absolute Gasteiger partial charge is 0.0594 e. The predicted octanol–water partition coefficient (Wildman–Crippen LogP) is 5.26. The Bertz CT molecular complexity index is 657. The van der Waals surface area contributed by atoms with Crippen LogP contribution in [0.1, 0.15) is 79.6 Å². The molecule has 1 fully saturated rings. The number of allylic oxidation sites excluding steroid dienone is 4. The van der Waals surface area contributed by atoms with Crippen molar-refractivity contribution in [2.45, 2.75) is 85.7 Å². The van der Waals surface area contributed by atoms with E-state index in [0.717, 1.165) is 19.3 Å². The van der Waals surface area contributed by atoms with Crippen molar-refractivity contribution in [1.82, 2.24) is 0 Å². The Balaban J connectivity index is 1.74. The van der Waals surface area contributed by atoms with Crippen LogP contribution in [0.15, 0.2) is 22.8 Å². The van der Waals surface area contributed by atoms with Gasteiger partial charge >= 0.3 is 0 Å². The Morgan fingerprint density at radius 1 is 1.08 bits per heavy atom. The summed E-state index contributed by atoms with van der Waals surface area (Å²) in [7, 11) is 0. The zero-order chi connectivity index (χ0) is 18.9. The zero-order valence-electron chi connectivity index (χ0n) is 17.4. The molecule has 0 spiro atoms. The summed E-state index contributed by atoms with van der Waals surface area (Å²) in [6.07, 6.45) is 10.4. The van der Waals surface area contributed by atoms with Crippen molar-refractivity contribution in [2.75, 3.05) is 6.61 Å². The standard InChI is InChI=1S/C24H38O2/c1-15(14-25)17-7-8-18-16-6-9-20-22(2,3)21(26)11-13-24(20,5)19(16)10-12-23(17,18)4/h8,15,17,20-21,25-26H,6-7,9-14H2,1-5H3/t15-,17-,20+,21+,23-,24-/m1/s1. The lowest BCUT2D eigenvalue weighted by Gasteiger charge is -2.59. The van der Waals surface area contributed by atoms with Gasteiger partial charge in [0.2, 0.25) is 0 Å². The van der Waals surface area contributed by atoms with Crippen molar-refractivity contribution >= 4 is 0 Å². The maximum Gasteiger partial charge on any atom is 0.0594 e. The van der Waals surface area contributed by atoms with Crippen molar-refractivity contribution in [2.24, 2.45) is 34.0 Å². The molecule has 0 unspecified atom stereocenters. The Morgan fingerprint density at radius 2 is 1.81 bits per heavy atom. The van der Waals surface area contributed by atoms with Gasteiger partial charge in [0.05, 0.1) is 6.10 Å². The van der Waals surface area contributed by atoms with E-state index in [-0.39, 0.29) is 22.3 Å². The Hall–Kier alpha value is -0.600. The molecule has 0 aromatic rings. The lowest BCUT2D eigenvalue weighted by Crippen LogP contribution is -2.53. The molecule has 0 heterocycles. The van der Waals surface area contributed by atoms with Crippen LogP contribution in [0.2, 0.25) is 0 Å². The van der Waals surface area contributed by atoms with Gasteiger partial charge < -0.3 is 10.2 Å². The lowest BCUT2D eigenvalue weighted by atomic mass is 9.46. The van der Waals surface area contributed by atoms with E-state index in [1.54, 1.807) is 16.7 Å². The molecule has 26 heavy (non-hydrogen) atoms. The van der Waals surface area contributed by atoms with Crippen LogP contribution in [-0.2, 0) is 0 Å². The summed E-state index contributed by atoms with van der Waals surface area (Å²) in [5.41, 5.74) is 5.58. The zero-order valence-corrected chi connectivity index (χ0v) is 17.4. The van der Waals surface area contributed by atoms with Crippen LogP contribution in [0, 0.1) is 34.0 Å². The van der Waals surface area contributed by atoms with Gasteiger partial charge in [-0.3, -0.25) is 0 Å². The second-order valence-corrected chi connectivity index (χ2v) is 10.9. The molecule has 0 radical (unpaired) electrons. The third kappa shape index (κ3) is 2.30. The Morgan fingerprint density at radius 3 is 2.50 bits per heavy atom.